The molecule has 0 atom stereocenters. The highest BCUT2D eigenvalue weighted by Gasteiger charge is 2.17. The van der Waals surface area contributed by atoms with Crippen LogP contribution in [-0.2, 0) is 10.0 Å². The molecule has 2 aromatic carbocycles. The topological polar surface area (TPSA) is 81.7 Å². The number of sulfonamides is 1. The van der Waals surface area contributed by atoms with Gasteiger partial charge in [-0.15, -0.1) is 0 Å². The molecule has 6 nitrogen and oxygen atoms in total. The van der Waals surface area contributed by atoms with Crippen molar-refractivity contribution in [2.75, 3.05) is 14.2 Å². The Labute approximate surface area is 147 Å². The van der Waals surface area contributed by atoms with Gasteiger partial charge in [0.25, 0.3) is 15.9 Å². The molecule has 0 saturated heterocycles. The fourth-order valence-electron chi connectivity index (χ4n) is 2.17. The third-order valence-electron chi connectivity index (χ3n) is 3.49. The van der Waals surface area contributed by atoms with Crippen LogP contribution in [0.5, 0.6) is 11.5 Å². The Hall–Kier alpha value is -2.80. The van der Waals surface area contributed by atoms with Gasteiger partial charge in [0.15, 0.2) is 0 Å². The summed E-state index contributed by atoms with van der Waals surface area (Å²) in [5, 5.41) is 0.947. The lowest BCUT2D eigenvalue weighted by Crippen LogP contribution is -2.28. The van der Waals surface area contributed by atoms with E-state index in [0.29, 0.717) is 22.6 Å². The number of hydrogen-bond acceptors (Lipinski definition) is 5. The number of amides is 1. The van der Waals surface area contributed by atoms with Crippen molar-refractivity contribution in [2.24, 2.45) is 0 Å². The van der Waals surface area contributed by atoms with Crippen molar-refractivity contribution in [1.82, 2.24) is 4.72 Å². The van der Waals surface area contributed by atoms with E-state index in [9.17, 15) is 13.2 Å². The van der Waals surface area contributed by atoms with Crippen LogP contribution < -0.4 is 14.2 Å². The molecule has 2 rings (SSSR count). The highest BCUT2D eigenvalue weighted by atomic mass is 32.2. The second-order valence-electron chi connectivity index (χ2n) is 5.20. The zero-order valence-electron chi connectivity index (χ0n) is 14.1. The third-order valence-corrected chi connectivity index (χ3v) is 4.45. The van der Waals surface area contributed by atoms with Gasteiger partial charge >= 0.3 is 0 Å². The van der Waals surface area contributed by atoms with Gasteiger partial charge in [-0.3, -0.25) is 4.79 Å². The Balaban J connectivity index is 2.22. The number of benzene rings is 2. The Morgan fingerprint density at radius 1 is 1.04 bits per heavy atom. The Morgan fingerprint density at radius 3 is 2.12 bits per heavy atom. The largest absolute Gasteiger partial charge is 0.496 e. The first-order valence-electron chi connectivity index (χ1n) is 7.39. The third kappa shape index (κ3) is 4.84. The summed E-state index contributed by atoms with van der Waals surface area (Å²) in [6, 6.07) is 11.8. The fraction of sp³-hybridized carbons (Fsp3) is 0.167. The average molecular weight is 361 g/mol. The number of nitrogens with one attached hydrogen (secondary N) is 1. The molecule has 25 heavy (non-hydrogen) atoms. The van der Waals surface area contributed by atoms with Gasteiger partial charge in [-0.1, -0.05) is 30.3 Å². The summed E-state index contributed by atoms with van der Waals surface area (Å²) in [5.74, 6) is 0.0952. The lowest BCUT2D eigenvalue weighted by molar-refractivity contribution is 0.0981. The van der Waals surface area contributed by atoms with Gasteiger partial charge in [0.05, 0.1) is 19.6 Å². The molecule has 0 aromatic heterocycles. The number of carbonyl (C=O) groups is 1. The molecule has 0 aliphatic rings. The predicted octanol–water partition coefficient (Wildman–Crippen LogP) is 2.74. The van der Waals surface area contributed by atoms with Crippen molar-refractivity contribution in [3.05, 3.63) is 64.6 Å². The molecule has 0 heterocycles. The van der Waals surface area contributed by atoms with Gasteiger partial charge in [-0.2, -0.15) is 0 Å². The van der Waals surface area contributed by atoms with Crippen LogP contribution >= 0.6 is 0 Å². The van der Waals surface area contributed by atoms with Gasteiger partial charge < -0.3 is 9.47 Å². The quantitative estimate of drug-likeness (QED) is 0.855. The molecule has 132 valence electrons. The van der Waals surface area contributed by atoms with E-state index in [2.05, 4.69) is 0 Å². The van der Waals surface area contributed by atoms with Gasteiger partial charge in [-0.25, -0.2) is 13.1 Å². The Morgan fingerprint density at radius 2 is 1.60 bits per heavy atom. The maximum absolute atomic E-state index is 12.3. The van der Waals surface area contributed by atoms with Gasteiger partial charge in [0.1, 0.15) is 11.5 Å². The molecule has 0 radical (unpaired) electrons. The maximum Gasteiger partial charge on any atom is 0.265 e. The Bertz CT molecular complexity index is 864. The summed E-state index contributed by atoms with van der Waals surface area (Å²) in [4.78, 5) is 12.3. The lowest BCUT2D eigenvalue weighted by atomic mass is 10.1. The molecule has 1 amide bonds. The van der Waals surface area contributed by atoms with Crippen molar-refractivity contribution in [3.63, 3.8) is 0 Å². The van der Waals surface area contributed by atoms with E-state index in [4.69, 9.17) is 9.47 Å². The lowest BCUT2D eigenvalue weighted by Gasteiger charge is -2.12. The minimum absolute atomic E-state index is 0.121. The second-order valence-corrected chi connectivity index (χ2v) is 6.76. The molecule has 1 N–H and O–H groups in total. The minimum Gasteiger partial charge on any atom is -0.496 e. The minimum atomic E-state index is -3.94. The molecular formula is C18H19NO5S. The van der Waals surface area contributed by atoms with E-state index in [1.54, 1.807) is 31.2 Å². The van der Waals surface area contributed by atoms with Crippen LogP contribution in [0.3, 0.4) is 0 Å². The van der Waals surface area contributed by atoms with Crippen LogP contribution in [0.25, 0.3) is 6.08 Å². The van der Waals surface area contributed by atoms with Crippen molar-refractivity contribution in [2.45, 2.75) is 6.92 Å². The summed E-state index contributed by atoms with van der Waals surface area (Å²) in [6.07, 6.45) is 1.41. The summed E-state index contributed by atoms with van der Waals surface area (Å²) < 4.78 is 36.5. The zero-order valence-corrected chi connectivity index (χ0v) is 15.0. The summed E-state index contributed by atoms with van der Waals surface area (Å²) in [7, 11) is -1.02. The van der Waals surface area contributed by atoms with Crippen LogP contribution in [0.15, 0.2) is 47.9 Å². The predicted molar refractivity (Wildman–Crippen MR) is 96.1 cm³/mol. The number of hydrogen-bond donors (Lipinski definition) is 1. The van der Waals surface area contributed by atoms with E-state index in [-0.39, 0.29) is 5.56 Å². The van der Waals surface area contributed by atoms with E-state index >= 15 is 0 Å². The van der Waals surface area contributed by atoms with Crippen LogP contribution in [0.2, 0.25) is 0 Å². The summed E-state index contributed by atoms with van der Waals surface area (Å²) >= 11 is 0. The number of methoxy groups -OCH3 is 2. The average Bonchev–Trinajstić information content (AvgIpc) is 2.60. The molecule has 7 heteroatoms. The molecule has 0 unspecified atom stereocenters. The first kappa shape index (κ1) is 18.5. The standard InChI is InChI=1S/C18H19NO5S/c1-13-16(23-2)11-15(12-17(13)24-3)18(20)19-25(21,22)10-9-14-7-5-4-6-8-14/h4-12H,1-3H3,(H,19,20)/b10-9-. The van der Waals surface area contributed by atoms with E-state index < -0.39 is 15.9 Å². The summed E-state index contributed by atoms with van der Waals surface area (Å²) in [6.45, 7) is 1.78. The number of ether oxygens (including phenoxy) is 2. The molecule has 2 aromatic rings. The normalized spacial score (nSPS) is 11.3. The van der Waals surface area contributed by atoms with Crippen molar-refractivity contribution < 1.29 is 22.7 Å². The first-order chi connectivity index (χ1) is 11.9. The van der Waals surface area contributed by atoms with Crippen molar-refractivity contribution in [3.8, 4) is 11.5 Å². The van der Waals surface area contributed by atoms with Crippen molar-refractivity contribution >= 4 is 22.0 Å². The van der Waals surface area contributed by atoms with E-state index in [0.717, 1.165) is 5.41 Å². The fourth-order valence-corrected chi connectivity index (χ4v) is 2.95. The summed E-state index contributed by atoms with van der Waals surface area (Å²) in [5.41, 5.74) is 1.54. The van der Waals surface area contributed by atoms with Crippen LogP contribution in [0.1, 0.15) is 21.5 Å². The number of rotatable bonds is 6. The van der Waals surface area contributed by atoms with Gasteiger partial charge in [0.2, 0.25) is 0 Å². The molecule has 0 saturated carbocycles. The molecule has 0 bridgehead atoms. The van der Waals surface area contributed by atoms with Crippen LogP contribution in [-0.4, -0.2) is 28.5 Å². The zero-order chi connectivity index (χ0) is 18.4. The first-order valence-corrected chi connectivity index (χ1v) is 8.94. The van der Waals surface area contributed by atoms with E-state index in [1.807, 2.05) is 10.8 Å². The Kier molecular flexibility index (Phi) is 5.82. The monoisotopic (exact) mass is 361 g/mol. The van der Waals surface area contributed by atoms with E-state index in [1.165, 1.54) is 32.4 Å². The highest BCUT2D eigenvalue weighted by molar-refractivity contribution is 7.93. The van der Waals surface area contributed by atoms with Crippen molar-refractivity contribution in [1.29, 1.82) is 0 Å². The van der Waals surface area contributed by atoms with Gasteiger partial charge in [-0.05, 0) is 30.7 Å². The van der Waals surface area contributed by atoms with Gasteiger partial charge in [0, 0.05) is 11.1 Å². The molecular weight excluding hydrogens is 342 g/mol. The molecule has 0 aliphatic heterocycles. The SMILES string of the molecule is COc1cc(C(=O)NS(=O)(=O)/C=C\c2ccccc2)cc(OC)c1C. The molecule has 0 spiro atoms. The van der Waals surface area contributed by atoms with Crippen LogP contribution in [0.4, 0.5) is 0 Å². The molecule has 0 aliphatic carbocycles. The highest BCUT2D eigenvalue weighted by Crippen LogP contribution is 2.29. The second kappa shape index (κ2) is 7.85. The maximum atomic E-state index is 12.3. The smallest absolute Gasteiger partial charge is 0.265 e. The number of carbonyl (C=O) groups excluding carboxylic acids is 1. The van der Waals surface area contributed by atoms with Crippen LogP contribution in [0, 0.1) is 6.92 Å². The molecule has 0 fully saturated rings.